The lowest BCUT2D eigenvalue weighted by Crippen LogP contribution is -2.42. The van der Waals surface area contributed by atoms with Crippen molar-refractivity contribution in [3.05, 3.63) is 84.4 Å². The SMILES string of the molecule is CNC1CCN(CC[C@H](CSc2ccccc2)Nc2ccc(S(=O)(=O)NC(=O)c3ccccc3)cc2S(=O)(=O)C(F)(F)F)CC1. The van der Waals surface area contributed by atoms with Crippen LogP contribution in [0.25, 0.3) is 0 Å². The van der Waals surface area contributed by atoms with Crippen molar-refractivity contribution < 1.29 is 34.8 Å². The van der Waals surface area contributed by atoms with E-state index in [2.05, 4.69) is 15.5 Å². The van der Waals surface area contributed by atoms with Gasteiger partial charge in [-0.15, -0.1) is 11.8 Å². The second-order valence-electron chi connectivity index (χ2n) is 10.6. The number of hydrogen-bond donors (Lipinski definition) is 3. The number of hydrogen-bond acceptors (Lipinski definition) is 9. The van der Waals surface area contributed by atoms with Gasteiger partial charge in [0.2, 0.25) is 0 Å². The average molecular weight is 685 g/mol. The molecule has 0 saturated carbocycles. The first kappa shape index (κ1) is 34.8. The molecule has 1 fully saturated rings. The van der Waals surface area contributed by atoms with E-state index in [4.69, 9.17) is 0 Å². The molecule has 1 aliphatic heterocycles. The minimum absolute atomic E-state index is 0.00330. The summed E-state index contributed by atoms with van der Waals surface area (Å²) in [6.07, 6.45) is 2.40. The molecule has 0 unspecified atom stereocenters. The Kier molecular flexibility index (Phi) is 11.6. The summed E-state index contributed by atoms with van der Waals surface area (Å²) in [7, 11) is -8.81. The van der Waals surface area contributed by atoms with Crippen LogP contribution in [0.4, 0.5) is 18.9 Å². The van der Waals surface area contributed by atoms with E-state index < -0.39 is 47.1 Å². The number of amides is 1. The Bertz CT molecular complexity index is 1650. The first-order valence-corrected chi connectivity index (χ1v) is 18.2. The van der Waals surface area contributed by atoms with E-state index in [1.807, 2.05) is 37.4 Å². The van der Waals surface area contributed by atoms with Gasteiger partial charge >= 0.3 is 5.51 Å². The van der Waals surface area contributed by atoms with Gasteiger partial charge in [0.15, 0.2) is 0 Å². The number of thioether (sulfide) groups is 1. The van der Waals surface area contributed by atoms with Gasteiger partial charge in [0.05, 0.1) is 10.6 Å². The second kappa shape index (κ2) is 15.0. The number of rotatable bonds is 13. The van der Waals surface area contributed by atoms with E-state index in [0.29, 0.717) is 30.8 Å². The molecule has 45 heavy (non-hydrogen) atoms. The van der Waals surface area contributed by atoms with Crippen LogP contribution in [0.3, 0.4) is 0 Å². The van der Waals surface area contributed by atoms with Crippen molar-refractivity contribution in [3.63, 3.8) is 0 Å². The molecule has 0 aliphatic carbocycles. The topological polar surface area (TPSA) is 125 Å². The minimum atomic E-state index is -5.99. The molecular weight excluding hydrogens is 650 g/mol. The zero-order valence-corrected chi connectivity index (χ0v) is 26.9. The molecule has 1 heterocycles. The summed E-state index contributed by atoms with van der Waals surface area (Å²) in [4.78, 5) is 13.6. The molecule has 4 rings (SSSR count). The van der Waals surface area contributed by atoms with E-state index in [0.717, 1.165) is 43.0 Å². The third-order valence-electron chi connectivity index (χ3n) is 7.46. The molecule has 0 radical (unpaired) electrons. The van der Waals surface area contributed by atoms with Crippen LogP contribution in [0.1, 0.15) is 29.6 Å². The van der Waals surface area contributed by atoms with Gasteiger partial charge in [-0.3, -0.25) is 4.79 Å². The predicted octanol–water partition coefficient (Wildman–Crippen LogP) is 4.75. The van der Waals surface area contributed by atoms with Crippen LogP contribution in [0.2, 0.25) is 0 Å². The van der Waals surface area contributed by atoms with Crippen molar-refractivity contribution in [1.29, 1.82) is 0 Å². The summed E-state index contributed by atoms with van der Waals surface area (Å²) in [5, 5.41) is 6.25. The van der Waals surface area contributed by atoms with Crippen LogP contribution in [-0.4, -0.2) is 77.7 Å². The first-order valence-electron chi connectivity index (χ1n) is 14.2. The number of alkyl halides is 3. The fourth-order valence-corrected chi connectivity index (χ4v) is 7.90. The number of carbonyl (C=O) groups excluding carboxylic acids is 1. The molecular formula is C30H35F3N4O5S3. The van der Waals surface area contributed by atoms with Gasteiger partial charge in [0.1, 0.15) is 4.90 Å². The molecule has 0 bridgehead atoms. The van der Waals surface area contributed by atoms with Gasteiger partial charge in [-0.2, -0.15) is 13.2 Å². The third kappa shape index (κ3) is 9.22. The number of nitrogens with one attached hydrogen (secondary N) is 3. The van der Waals surface area contributed by atoms with Gasteiger partial charge in [-0.05, 0) is 81.9 Å². The first-order chi connectivity index (χ1) is 21.3. The maximum atomic E-state index is 13.9. The van der Waals surface area contributed by atoms with E-state index >= 15 is 0 Å². The molecule has 1 amide bonds. The lowest BCUT2D eigenvalue weighted by Gasteiger charge is -2.33. The highest BCUT2D eigenvalue weighted by molar-refractivity contribution is 7.99. The Morgan fingerprint density at radius 3 is 2.18 bits per heavy atom. The third-order valence-corrected chi connectivity index (χ3v) is 11.5. The summed E-state index contributed by atoms with van der Waals surface area (Å²) in [6.45, 7) is 2.32. The number of sulfonamides is 1. The fraction of sp³-hybridized carbons (Fsp3) is 0.367. The molecule has 1 aliphatic rings. The smallest absolute Gasteiger partial charge is 0.380 e. The minimum Gasteiger partial charge on any atom is -0.380 e. The lowest BCUT2D eigenvalue weighted by molar-refractivity contribution is -0.0435. The van der Waals surface area contributed by atoms with Crippen LogP contribution >= 0.6 is 11.8 Å². The number of halogens is 3. The molecule has 15 heteroatoms. The Hall–Kier alpha value is -3.11. The molecule has 1 atom stereocenters. The molecule has 3 aromatic rings. The molecule has 244 valence electrons. The van der Waals surface area contributed by atoms with Gasteiger partial charge in [-0.25, -0.2) is 21.6 Å². The van der Waals surface area contributed by atoms with Gasteiger partial charge < -0.3 is 15.5 Å². The van der Waals surface area contributed by atoms with Crippen LogP contribution < -0.4 is 15.4 Å². The van der Waals surface area contributed by atoms with Crippen molar-refractivity contribution in [2.45, 2.75) is 51.5 Å². The Balaban J connectivity index is 1.63. The second-order valence-corrected chi connectivity index (χ2v) is 15.3. The summed E-state index contributed by atoms with van der Waals surface area (Å²) in [5.41, 5.74) is -6.09. The zero-order valence-electron chi connectivity index (χ0n) is 24.5. The molecule has 3 N–H and O–H groups in total. The average Bonchev–Trinajstić information content (AvgIpc) is 3.02. The lowest BCUT2D eigenvalue weighted by atomic mass is 10.0. The summed E-state index contributed by atoms with van der Waals surface area (Å²) < 4.78 is 94.9. The number of carbonyl (C=O) groups is 1. The molecule has 0 aromatic heterocycles. The standard InChI is InChI=1S/C30H35F3N4O5S3/c1-34-23-14-17-37(18-15-23)19-16-24(21-43-25-10-6-3-7-11-25)35-27-13-12-26(20-28(27)44(39,40)30(31,32)33)45(41,42)36-29(38)22-8-4-2-5-9-22/h2-13,20,23-24,34-35H,14-19,21H2,1H3,(H,36,38)/t24-/m1/s1. The van der Waals surface area contributed by atoms with Crippen molar-refractivity contribution >= 4 is 43.2 Å². The van der Waals surface area contributed by atoms with Gasteiger partial charge in [-0.1, -0.05) is 36.4 Å². The predicted molar refractivity (Wildman–Crippen MR) is 168 cm³/mol. The zero-order chi connectivity index (χ0) is 32.7. The number of benzene rings is 3. The summed E-state index contributed by atoms with van der Waals surface area (Å²) in [6, 6.07) is 19.1. The van der Waals surface area contributed by atoms with Crippen LogP contribution in [0, 0.1) is 0 Å². The number of piperidine rings is 1. The maximum Gasteiger partial charge on any atom is 0.501 e. The van der Waals surface area contributed by atoms with E-state index in [1.165, 1.54) is 36.0 Å². The number of anilines is 1. The number of nitrogens with zero attached hydrogens (tertiary/aromatic N) is 1. The quantitative estimate of drug-likeness (QED) is 0.219. The fourth-order valence-electron chi connectivity index (χ4n) is 4.88. The monoisotopic (exact) mass is 684 g/mol. The van der Waals surface area contributed by atoms with Gasteiger partial charge in [0, 0.05) is 34.8 Å². The van der Waals surface area contributed by atoms with Crippen molar-refractivity contribution in [2.75, 3.05) is 37.8 Å². The van der Waals surface area contributed by atoms with Crippen molar-refractivity contribution in [2.24, 2.45) is 0 Å². The largest absolute Gasteiger partial charge is 0.501 e. The van der Waals surface area contributed by atoms with E-state index in [1.54, 1.807) is 10.8 Å². The van der Waals surface area contributed by atoms with Crippen molar-refractivity contribution in [3.8, 4) is 0 Å². The molecule has 9 nitrogen and oxygen atoms in total. The number of sulfone groups is 1. The molecule has 1 saturated heterocycles. The van der Waals surface area contributed by atoms with Crippen LogP contribution in [0.15, 0.2) is 93.5 Å². The van der Waals surface area contributed by atoms with E-state index in [-0.39, 0.29) is 11.3 Å². The molecule has 0 spiro atoms. The summed E-state index contributed by atoms with van der Waals surface area (Å²) in [5.74, 6) is -0.620. The Labute approximate surface area is 265 Å². The Morgan fingerprint density at radius 2 is 1.58 bits per heavy atom. The normalized spacial score (nSPS) is 15.8. The van der Waals surface area contributed by atoms with Gasteiger partial charge in [0.25, 0.3) is 25.8 Å². The van der Waals surface area contributed by atoms with Crippen LogP contribution in [0.5, 0.6) is 0 Å². The van der Waals surface area contributed by atoms with E-state index in [9.17, 15) is 34.8 Å². The Morgan fingerprint density at radius 1 is 0.956 bits per heavy atom. The van der Waals surface area contributed by atoms with Crippen LogP contribution in [-0.2, 0) is 19.9 Å². The highest BCUT2D eigenvalue weighted by atomic mass is 32.2. The maximum absolute atomic E-state index is 13.9. The van der Waals surface area contributed by atoms with Crippen molar-refractivity contribution in [1.82, 2.24) is 14.9 Å². The molecule has 3 aromatic carbocycles. The number of likely N-dealkylation sites (tertiary alicyclic amines) is 1. The summed E-state index contributed by atoms with van der Waals surface area (Å²) >= 11 is 1.46. The highest BCUT2D eigenvalue weighted by Crippen LogP contribution is 2.36. The highest BCUT2D eigenvalue weighted by Gasteiger charge is 2.48.